The number of rotatable bonds is 6. The Morgan fingerprint density at radius 3 is 1.83 bits per heavy atom. The molecule has 0 saturated carbocycles. The Morgan fingerprint density at radius 2 is 1.43 bits per heavy atom. The summed E-state index contributed by atoms with van der Waals surface area (Å²) in [4.78, 5) is 28.3. The first kappa shape index (κ1) is 20.0. The number of aliphatic hydroxyl groups is 2. The molecule has 0 radical (unpaired) electrons. The molecule has 4 atom stereocenters. The zero-order chi connectivity index (χ0) is 17.9. The highest BCUT2D eigenvalue weighted by Crippen LogP contribution is 2.32. The van der Waals surface area contributed by atoms with Crippen molar-refractivity contribution in [1.29, 1.82) is 0 Å². The van der Waals surface area contributed by atoms with Crippen LogP contribution < -0.4 is 5.32 Å². The van der Waals surface area contributed by atoms with E-state index < -0.39 is 23.8 Å². The van der Waals surface area contributed by atoms with Gasteiger partial charge in [-0.05, 0) is 54.6 Å². The quantitative estimate of drug-likeness (QED) is 0.466. The van der Waals surface area contributed by atoms with Gasteiger partial charge in [0.2, 0.25) is 5.91 Å². The highest BCUT2D eigenvalue weighted by molar-refractivity contribution is 6.00. The van der Waals surface area contributed by atoms with Crippen LogP contribution in [0.2, 0.25) is 0 Å². The Balaban J connectivity index is 3.34. The second-order valence-electron chi connectivity index (χ2n) is 6.73. The van der Waals surface area contributed by atoms with Gasteiger partial charge in [-0.1, -0.05) is 0 Å². The van der Waals surface area contributed by atoms with E-state index in [1.54, 1.807) is 27.9 Å². The molecule has 23 heavy (non-hydrogen) atoms. The van der Waals surface area contributed by atoms with Crippen LogP contribution in [0.3, 0.4) is 0 Å². The van der Waals surface area contributed by atoms with Gasteiger partial charge in [-0.15, -0.1) is 0 Å². The molecule has 2 amide bonds. The summed E-state index contributed by atoms with van der Waals surface area (Å²) in [5.41, 5.74) is -1.10. The van der Waals surface area contributed by atoms with Gasteiger partial charge in [0, 0.05) is 18.5 Å². The molecule has 1 aliphatic heterocycles. The van der Waals surface area contributed by atoms with E-state index in [0.717, 1.165) is 0 Å². The van der Waals surface area contributed by atoms with Gasteiger partial charge < -0.3 is 10.2 Å². The number of hydrogen-bond donors (Lipinski definition) is 3. The Kier molecular flexibility index (Phi) is 6.70. The molecule has 1 saturated heterocycles. The molecule has 3 N–H and O–H groups in total. The zero-order valence-corrected chi connectivity index (χ0v) is 15.0. The van der Waals surface area contributed by atoms with Crippen molar-refractivity contribution < 1.29 is 19.8 Å². The molecule has 7 heteroatoms. The highest BCUT2D eigenvalue weighted by Gasteiger charge is 2.51. The van der Waals surface area contributed by atoms with Crippen LogP contribution >= 0.6 is 0 Å². The average Bonchev–Trinajstić information content (AvgIpc) is 2.62. The van der Waals surface area contributed by atoms with Gasteiger partial charge in [-0.2, -0.15) is 0 Å². The Bertz CT molecular complexity index is 419. The minimum atomic E-state index is -1.10. The molecule has 1 heterocycles. The van der Waals surface area contributed by atoms with Crippen LogP contribution in [0, 0.1) is 0 Å². The largest absolute Gasteiger partial charge is 0.392 e. The first-order valence-electron chi connectivity index (χ1n) is 8.22. The number of imide groups is 1. The van der Waals surface area contributed by atoms with Crippen LogP contribution in [0.1, 0.15) is 47.0 Å². The van der Waals surface area contributed by atoms with Crippen LogP contribution in [0.4, 0.5) is 0 Å². The van der Waals surface area contributed by atoms with Crippen LogP contribution in [-0.2, 0) is 9.59 Å². The van der Waals surface area contributed by atoms with Crippen LogP contribution in [0.25, 0.3) is 0 Å². The molecule has 0 aliphatic carbocycles. The zero-order valence-electron chi connectivity index (χ0n) is 15.0. The third-order valence-electron chi connectivity index (χ3n) is 5.33. The normalized spacial score (nSPS) is 28.3. The molecule has 1 fully saturated rings. The number of aliphatic hydroxyl groups excluding tert-OH is 2. The maximum atomic E-state index is 12.9. The summed E-state index contributed by atoms with van der Waals surface area (Å²) in [6.07, 6.45) is 0.0240. The SMILES string of the molecule is CC(O)C(C)N(C)C1(N(C)C(C)C(C)O)CCCC(=O)NC1=O. The molecule has 4 unspecified atom stereocenters. The summed E-state index contributed by atoms with van der Waals surface area (Å²) in [6.45, 7) is 7.03. The van der Waals surface area contributed by atoms with E-state index in [2.05, 4.69) is 5.32 Å². The first-order chi connectivity index (χ1) is 10.6. The fourth-order valence-corrected chi connectivity index (χ4v) is 3.14. The lowest BCUT2D eigenvalue weighted by Gasteiger charge is -2.51. The van der Waals surface area contributed by atoms with Crippen molar-refractivity contribution >= 4 is 11.8 Å². The van der Waals surface area contributed by atoms with Crippen molar-refractivity contribution in [3.05, 3.63) is 0 Å². The van der Waals surface area contributed by atoms with Crippen LogP contribution in [0.5, 0.6) is 0 Å². The molecule has 0 aromatic heterocycles. The monoisotopic (exact) mass is 329 g/mol. The fourth-order valence-electron chi connectivity index (χ4n) is 3.14. The molecule has 0 spiro atoms. The second kappa shape index (κ2) is 7.70. The molecule has 0 aromatic carbocycles. The summed E-state index contributed by atoms with van der Waals surface area (Å²) in [5.74, 6) is -0.682. The lowest BCUT2D eigenvalue weighted by Crippen LogP contribution is -2.71. The first-order valence-corrected chi connectivity index (χ1v) is 8.22. The Morgan fingerprint density at radius 1 is 1.00 bits per heavy atom. The van der Waals surface area contributed by atoms with E-state index in [-0.39, 0.29) is 18.0 Å². The van der Waals surface area contributed by atoms with E-state index in [9.17, 15) is 19.8 Å². The van der Waals surface area contributed by atoms with Crippen LogP contribution in [-0.4, -0.2) is 75.9 Å². The number of likely N-dealkylation sites (N-methyl/N-ethyl adjacent to an activating group) is 2. The van der Waals surface area contributed by atoms with Gasteiger partial charge in [0.05, 0.1) is 12.2 Å². The maximum Gasteiger partial charge on any atom is 0.262 e. The Hall–Kier alpha value is -1.02. The van der Waals surface area contributed by atoms with Crippen LogP contribution in [0.15, 0.2) is 0 Å². The smallest absolute Gasteiger partial charge is 0.262 e. The van der Waals surface area contributed by atoms with Crippen molar-refractivity contribution in [2.45, 2.75) is 76.9 Å². The molecular weight excluding hydrogens is 298 g/mol. The molecule has 0 bridgehead atoms. The van der Waals surface area contributed by atoms with Gasteiger partial charge in [0.15, 0.2) is 5.66 Å². The maximum absolute atomic E-state index is 12.9. The Labute approximate surface area is 138 Å². The van der Waals surface area contributed by atoms with E-state index in [1.807, 2.05) is 23.6 Å². The number of carbonyl (C=O) groups is 2. The fraction of sp³-hybridized carbons (Fsp3) is 0.875. The molecular formula is C16H31N3O4. The van der Waals surface area contributed by atoms with Gasteiger partial charge in [0.25, 0.3) is 5.91 Å². The van der Waals surface area contributed by atoms with E-state index in [0.29, 0.717) is 19.3 Å². The number of nitrogens with zero attached hydrogens (tertiary/aromatic N) is 2. The molecule has 1 rings (SSSR count). The second-order valence-corrected chi connectivity index (χ2v) is 6.73. The average molecular weight is 329 g/mol. The third-order valence-corrected chi connectivity index (χ3v) is 5.33. The minimum absolute atomic E-state index is 0.284. The summed E-state index contributed by atoms with van der Waals surface area (Å²) in [6, 6.07) is -0.588. The minimum Gasteiger partial charge on any atom is -0.392 e. The summed E-state index contributed by atoms with van der Waals surface area (Å²) in [7, 11) is 3.55. The van der Waals surface area contributed by atoms with Gasteiger partial charge in [0.1, 0.15) is 0 Å². The number of carbonyl (C=O) groups excluding carboxylic acids is 2. The molecule has 134 valence electrons. The highest BCUT2D eigenvalue weighted by atomic mass is 16.3. The number of amides is 2. The van der Waals surface area contributed by atoms with Gasteiger partial charge in [-0.3, -0.25) is 24.7 Å². The lowest BCUT2D eigenvalue weighted by atomic mass is 9.94. The van der Waals surface area contributed by atoms with Crippen molar-refractivity contribution in [2.24, 2.45) is 0 Å². The van der Waals surface area contributed by atoms with Gasteiger partial charge in [-0.25, -0.2) is 0 Å². The van der Waals surface area contributed by atoms with Crippen molar-refractivity contribution in [2.75, 3.05) is 14.1 Å². The summed E-state index contributed by atoms with van der Waals surface area (Å²) < 4.78 is 0. The molecule has 7 nitrogen and oxygen atoms in total. The number of nitrogens with one attached hydrogen (secondary N) is 1. The standard InChI is InChI=1S/C16H31N3O4/c1-10(12(3)20)18(5)16(19(6)11(2)13(4)21)9-7-8-14(22)17-15(16)23/h10-13,20-21H,7-9H2,1-6H3,(H,17,22,23). The van der Waals surface area contributed by atoms with Crippen molar-refractivity contribution in [3.8, 4) is 0 Å². The molecule has 1 aliphatic rings. The lowest BCUT2D eigenvalue weighted by molar-refractivity contribution is -0.159. The number of hydrogen-bond acceptors (Lipinski definition) is 6. The van der Waals surface area contributed by atoms with E-state index in [1.165, 1.54) is 0 Å². The summed E-state index contributed by atoms with van der Waals surface area (Å²) in [5, 5.41) is 22.4. The van der Waals surface area contributed by atoms with Gasteiger partial charge >= 0.3 is 0 Å². The van der Waals surface area contributed by atoms with Crippen molar-refractivity contribution in [3.63, 3.8) is 0 Å². The van der Waals surface area contributed by atoms with E-state index in [4.69, 9.17) is 0 Å². The summed E-state index contributed by atoms with van der Waals surface area (Å²) >= 11 is 0. The van der Waals surface area contributed by atoms with E-state index >= 15 is 0 Å². The molecule has 0 aromatic rings. The van der Waals surface area contributed by atoms with Crippen molar-refractivity contribution in [1.82, 2.24) is 15.1 Å². The predicted octanol–water partition coefficient (Wildman–Crippen LogP) is -0.0884. The third kappa shape index (κ3) is 3.91. The topological polar surface area (TPSA) is 93.1 Å². The predicted molar refractivity (Wildman–Crippen MR) is 87.5 cm³/mol.